The van der Waals surface area contributed by atoms with Crippen molar-refractivity contribution in [2.24, 2.45) is 0 Å². The number of hydrogen-bond acceptors (Lipinski definition) is 8. The molecule has 2 bridgehead atoms. The number of aliphatic hydroxyl groups is 1. The SMILES string of the molecule is C=CCN1CC[C@]23c4c5c([N+](=O)[O-])cc(O)c4OC2C(N(C)C(=O)/C=C/c2cc(Br)cs2)CC[C@@]3(O)[C@H]1C5. The Morgan fingerprint density at radius 1 is 1.45 bits per heavy atom. The lowest BCUT2D eigenvalue weighted by Crippen LogP contribution is -2.78. The number of ether oxygens (including phenoxy) is 1. The Bertz CT molecular complexity index is 1390. The minimum Gasteiger partial charge on any atom is -0.504 e. The molecule has 200 valence electrons. The maximum absolute atomic E-state index is 13.3. The Kier molecular flexibility index (Phi) is 5.99. The molecule has 3 heterocycles. The van der Waals surface area contributed by atoms with E-state index in [2.05, 4.69) is 27.4 Å². The van der Waals surface area contributed by atoms with Crippen LogP contribution in [-0.2, 0) is 16.6 Å². The minimum absolute atomic E-state index is 0.158. The van der Waals surface area contributed by atoms with E-state index < -0.39 is 28.1 Å². The van der Waals surface area contributed by atoms with Gasteiger partial charge in [0.05, 0.1) is 28.0 Å². The summed E-state index contributed by atoms with van der Waals surface area (Å²) in [6.45, 7) is 5.05. The molecule has 4 aliphatic rings. The van der Waals surface area contributed by atoms with Crippen LogP contribution in [0.3, 0.4) is 0 Å². The average Bonchev–Trinajstić information content (AvgIpc) is 3.45. The molecule has 9 nitrogen and oxygen atoms in total. The normalized spacial score (nSPS) is 31.1. The number of hydrogen-bond donors (Lipinski definition) is 2. The maximum atomic E-state index is 13.3. The number of aromatic hydroxyl groups is 1. The molecule has 2 aliphatic carbocycles. The lowest BCUT2D eigenvalue weighted by atomic mass is 9.48. The summed E-state index contributed by atoms with van der Waals surface area (Å²) in [7, 11) is 1.73. The number of nitro benzene ring substituents is 1. The van der Waals surface area contributed by atoms with Gasteiger partial charge in [-0.15, -0.1) is 17.9 Å². The molecule has 1 aromatic carbocycles. The maximum Gasteiger partial charge on any atom is 0.276 e. The molecule has 38 heavy (non-hydrogen) atoms. The first-order chi connectivity index (χ1) is 18.1. The molecule has 5 atom stereocenters. The third kappa shape index (κ3) is 3.38. The van der Waals surface area contributed by atoms with Gasteiger partial charge in [0.15, 0.2) is 11.5 Å². The Morgan fingerprint density at radius 3 is 2.92 bits per heavy atom. The van der Waals surface area contributed by atoms with E-state index in [4.69, 9.17) is 4.74 Å². The number of carbonyl (C=O) groups excluding carboxylic acids is 1. The highest BCUT2D eigenvalue weighted by Crippen LogP contribution is 2.67. The smallest absolute Gasteiger partial charge is 0.276 e. The van der Waals surface area contributed by atoms with Gasteiger partial charge < -0.3 is 19.8 Å². The predicted octanol–water partition coefficient (Wildman–Crippen LogP) is 4.00. The van der Waals surface area contributed by atoms with E-state index in [9.17, 15) is 25.1 Å². The van der Waals surface area contributed by atoms with Gasteiger partial charge in [0.2, 0.25) is 5.91 Å². The van der Waals surface area contributed by atoms with Crippen LogP contribution in [0.25, 0.3) is 6.08 Å². The van der Waals surface area contributed by atoms with Crippen molar-refractivity contribution in [3.8, 4) is 11.5 Å². The lowest BCUT2D eigenvalue weighted by molar-refractivity contribution is -0.386. The van der Waals surface area contributed by atoms with Crippen LogP contribution in [0.4, 0.5) is 5.69 Å². The average molecular weight is 603 g/mol. The van der Waals surface area contributed by atoms with Gasteiger partial charge in [-0.25, -0.2) is 0 Å². The van der Waals surface area contributed by atoms with E-state index >= 15 is 0 Å². The van der Waals surface area contributed by atoms with E-state index in [0.29, 0.717) is 43.5 Å². The number of thiophene rings is 1. The van der Waals surface area contributed by atoms with Gasteiger partial charge in [0.1, 0.15) is 6.10 Å². The number of carbonyl (C=O) groups is 1. The highest BCUT2D eigenvalue weighted by Gasteiger charge is 2.74. The van der Waals surface area contributed by atoms with Crippen LogP contribution < -0.4 is 4.74 Å². The Balaban J connectivity index is 1.45. The number of nitro groups is 1. The molecule has 2 aromatic rings. The van der Waals surface area contributed by atoms with Crippen molar-refractivity contribution in [1.29, 1.82) is 0 Å². The standard InChI is InChI=1S/C27H28BrN3O6S/c1-3-9-30-10-8-26-23-17-12-21(30)27(26,34)7-6-18(25(26)37-24(23)20(32)13-19(17)31(35)36)29(2)22(33)5-4-16-11-15(28)14-38-16/h3-5,11,13-14,18,21,25,32,34H,1,6-10,12H2,2H3/b5-4+/t18?,21-,25?,26+,27-/m1/s1. The summed E-state index contributed by atoms with van der Waals surface area (Å²) < 4.78 is 7.41. The Hall–Kier alpha value is -2.73. The van der Waals surface area contributed by atoms with E-state index in [-0.39, 0.29) is 35.6 Å². The van der Waals surface area contributed by atoms with Crippen molar-refractivity contribution >= 4 is 44.9 Å². The molecule has 6 rings (SSSR count). The number of likely N-dealkylation sites (tertiary alicyclic amines) is 1. The molecule has 2 unspecified atom stereocenters. The molecule has 1 spiro atoms. The summed E-state index contributed by atoms with van der Waals surface area (Å²) in [6, 6.07) is 2.32. The summed E-state index contributed by atoms with van der Waals surface area (Å²) in [5.74, 6) is -0.298. The highest BCUT2D eigenvalue weighted by molar-refractivity contribution is 9.10. The summed E-state index contributed by atoms with van der Waals surface area (Å²) >= 11 is 4.94. The molecular formula is C27H28BrN3O6S. The second-order valence-electron chi connectivity index (χ2n) is 10.6. The lowest BCUT2D eigenvalue weighted by Gasteiger charge is -2.64. The first-order valence-corrected chi connectivity index (χ1v) is 14.3. The van der Waals surface area contributed by atoms with Gasteiger partial charge in [-0.3, -0.25) is 19.8 Å². The number of amides is 1. The zero-order valence-corrected chi connectivity index (χ0v) is 23.2. The second-order valence-corrected chi connectivity index (χ2v) is 12.5. The molecule has 2 N–H and O–H groups in total. The Morgan fingerprint density at radius 2 is 2.24 bits per heavy atom. The molecule has 1 saturated carbocycles. The minimum atomic E-state index is -1.24. The predicted molar refractivity (Wildman–Crippen MR) is 147 cm³/mol. The van der Waals surface area contributed by atoms with Crippen molar-refractivity contribution in [1.82, 2.24) is 9.80 Å². The van der Waals surface area contributed by atoms with E-state index in [0.717, 1.165) is 15.4 Å². The number of rotatable bonds is 6. The molecule has 1 amide bonds. The molecule has 2 fully saturated rings. The number of benzene rings is 1. The van der Waals surface area contributed by atoms with Gasteiger partial charge >= 0.3 is 0 Å². The summed E-state index contributed by atoms with van der Waals surface area (Å²) in [4.78, 5) is 29.6. The van der Waals surface area contributed by atoms with Crippen LogP contribution in [-0.4, -0.2) is 74.8 Å². The van der Waals surface area contributed by atoms with Crippen LogP contribution in [0.15, 0.2) is 40.7 Å². The van der Waals surface area contributed by atoms with Crippen molar-refractivity contribution in [3.63, 3.8) is 0 Å². The number of nitrogens with zero attached hydrogens (tertiary/aromatic N) is 3. The zero-order chi connectivity index (χ0) is 27.0. The number of halogens is 1. The number of piperidine rings is 1. The van der Waals surface area contributed by atoms with E-state index in [1.165, 1.54) is 17.4 Å². The second kappa shape index (κ2) is 8.90. The number of likely N-dealkylation sites (N-methyl/N-ethyl adjacent to an activating group) is 1. The van der Waals surface area contributed by atoms with Gasteiger partial charge in [0.25, 0.3) is 5.69 Å². The van der Waals surface area contributed by atoms with Crippen LogP contribution in [0, 0.1) is 10.1 Å². The zero-order valence-electron chi connectivity index (χ0n) is 20.8. The fourth-order valence-corrected chi connectivity index (χ4v) is 8.80. The molecule has 0 radical (unpaired) electrons. The topological polar surface area (TPSA) is 116 Å². The summed E-state index contributed by atoms with van der Waals surface area (Å²) in [5.41, 5.74) is -1.32. The Labute approximate surface area is 232 Å². The van der Waals surface area contributed by atoms with Crippen molar-refractivity contribution in [3.05, 3.63) is 66.8 Å². The largest absolute Gasteiger partial charge is 0.504 e. The van der Waals surface area contributed by atoms with Gasteiger partial charge in [-0.05, 0) is 60.3 Å². The van der Waals surface area contributed by atoms with Crippen LogP contribution >= 0.6 is 27.3 Å². The third-order valence-corrected chi connectivity index (χ3v) is 10.7. The first kappa shape index (κ1) is 25.5. The van der Waals surface area contributed by atoms with Crippen molar-refractivity contribution in [2.75, 3.05) is 20.1 Å². The van der Waals surface area contributed by atoms with Gasteiger partial charge in [-0.1, -0.05) is 6.08 Å². The van der Waals surface area contributed by atoms with Crippen LogP contribution in [0.2, 0.25) is 0 Å². The monoisotopic (exact) mass is 601 g/mol. The molecule has 1 saturated heterocycles. The van der Waals surface area contributed by atoms with Crippen LogP contribution in [0.5, 0.6) is 11.5 Å². The number of phenolic OH excluding ortho intramolecular Hbond substituents is 1. The molecule has 2 aliphatic heterocycles. The third-order valence-electron chi connectivity index (χ3n) is 9.03. The summed E-state index contributed by atoms with van der Waals surface area (Å²) in [5, 5.41) is 37.4. The molecule has 1 aromatic heterocycles. The van der Waals surface area contributed by atoms with Crippen molar-refractivity contribution < 1.29 is 24.7 Å². The van der Waals surface area contributed by atoms with Gasteiger partial charge in [0, 0.05) is 51.6 Å². The fraction of sp³-hybridized carbons (Fsp3) is 0.444. The van der Waals surface area contributed by atoms with Crippen molar-refractivity contribution in [2.45, 2.75) is 54.9 Å². The van der Waals surface area contributed by atoms with Crippen LogP contribution in [0.1, 0.15) is 35.3 Å². The fourth-order valence-electron chi connectivity index (χ4n) is 7.47. The first-order valence-electron chi connectivity index (χ1n) is 12.6. The highest BCUT2D eigenvalue weighted by atomic mass is 79.9. The quantitative estimate of drug-likeness (QED) is 0.222. The van der Waals surface area contributed by atoms with E-state index in [1.807, 2.05) is 11.4 Å². The molecule has 11 heteroatoms. The molecular weight excluding hydrogens is 574 g/mol. The number of phenols is 1. The summed E-state index contributed by atoms with van der Waals surface area (Å²) in [6.07, 6.45) is 6.08. The van der Waals surface area contributed by atoms with E-state index in [1.54, 1.807) is 24.1 Å². The van der Waals surface area contributed by atoms with Gasteiger partial charge in [-0.2, -0.15) is 0 Å².